The van der Waals surface area contributed by atoms with Crippen molar-refractivity contribution in [3.8, 4) is 0 Å². The molecule has 0 aliphatic rings. The van der Waals surface area contributed by atoms with Gasteiger partial charge in [0.1, 0.15) is 0 Å². The van der Waals surface area contributed by atoms with E-state index >= 15 is 0 Å². The van der Waals surface area contributed by atoms with Gasteiger partial charge in [-0.3, -0.25) is 4.79 Å². The number of amides is 1. The zero-order valence-electron chi connectivity index (χ0n) is 10.2. The predicted octanol–water partition coefficient (Wildman–Crippen LogP) is 3.93. The van der Waals surface area contributed by atoms with Crippen LogP contribution in [0.4, 0.5) is 5.69 Å². The molecule has 1 N–H and O–H groups in total. The maximum absolute atomic E-state index is 12.0. The van der Waals surface area contributed by atoms with Gasteiger partial charge in [-0.1, -0.05) is 17.7 Å². The van der Waals surface area contributed by atoms with Gasteiger partial charge in [0.05, 0.1) is 5.56 Å². The number of benzene rings is 1. The summed E-state index contributed by atoms with van der Waals surface area (Å²) in [4.78, 5) is 12.0. The largest absolute Gasteiger partial charge is 0.321 e. The number of hydrogen-bond acceptors (Lipinski definition) is 2. The highest BCUT2D eigenvalue weighted by Gasteiger charge is 2.10. The molecular formula is C14H15NOS. The van der Waals surface area contributed by atoms with Crippen molar-refractivity contribution in [2.24, 2.45) is 0 Å². The third-order valence-corrected chi connectivity index (χ3v) is 3.38. The van der Waals surface area contributed by atoms with Crippen LogP contribution in [0.5, 0.6) is 0 Å². The Balaban J connectivity index is 2.28. The molecule has 0 saturated heterocycles. The molecule has 3 heteroatoms. The second kappa shape index (κ2) is 4.72. The van der Waals surface area contributed by atoms with Gasteiger partial charge in [0.2, 0.25) is 0 Å². The molecule has 88 valence electrons. The van der Waals surface area contributed by atoms with Crippen molar-refractivity contribution in [1.82, 2.24) is 0 Å². The number of anilines is 1. The van der Waals surface area contributed by atoms with Crippen molar-refractivity contribution in [3.05, 3.63) is 51.2 Å². The minimum atomic E-state index is -0.0405. The third-order valence-electron chi connectivity index (χ3n) is 2.70. The van der Waals surface area contributed by atoms with E-state index in [0.717, 1.165) is 22.4 Å². The SMILES string of the molecule is Cc1cc(C)c(NC(=O)c2ccsc2)c(C)c1. The van der Waals surface area contributed by atoms with Crippen molar-refractivity contribution >= 4 is 22.9 Å². The number of carbonyl (C=O) groups is 1. The molecule has 0 spiro atoms. The smallest absolute Gasteiger partial charge is 0.256 e. The Morgan fingerprint density at radius 3 is 2.35 bits per heavy atom. The lowest BCUT2D eigenvalue weighted by Crippen LogP contribution is -2.13. The molecule has 0 unspecified atom stereocenters. The van der Waals surface area contributed by atoms with Crippen molar-refractivity contribution in [1.29, 1.82) is 0 Å². The van der Waals surface area contributed by atoms with Gasteiger partial charge in [0.15, 0.2) is 0 Å². The lowest BCUT2D eigenvalue weighted by atomic mass is 10.0. The van der Waals surface area contributed by atoms with Gasteiger partial charge in [0, 0.05) is 11.1 Å². The molecule has 0 aliphatic heterocycles. The third kappa shape index (κ3) is 2.56. The van der Waals surface area contributed by atoms with Gasteiger partial charge in [-0.05, 0) is 43.3 Å². The molecule has 0 saturated carbocycles. The van der Waals surface area contributed by atoms with Crippen LogP contribution in [0.3, 0.4) is 0 Å². The molecule has 0 bridgehead atoms. The van der Waals surface area contributed by atoms with Crippen LogP contribution in [0, 0.1) is 20.8 Å². The molecule has 0 aliphatic carbocycles. The topological polar surface area (TPSA) is 29.1 Å². The maximum Gasteiger partial charge on any atom is 0.256 e. The van der Waals surface area contributed by atoms with Gasteiger partial charge >= 0.3 is 0 Å². The summed E-state index contributed by atoms with van der Waals surface area (Å²) in [5, 5.41) is 6.74. The lowest BCUT2D eigenvalue weighted by Gasteiger charge is -2.12. The summed E-state index contributed by atoms with van der Waals surface area (Å²) in [5.41, 5.74) is 5.06. The monoisotopic (exact) mass is 245 g/mol. The molecule has 1 amide bonds. The van der Waals surface area contributed by atoms with E-state index in [0.29, 0.717) is 0 Å². The Kier molecular flexibility index (Phi) is 3.29. The number of thiophene rings is 1. The highest BCUT2D eigenvalue weighted by Crippen LogP contribution is 2.22. The summed E-state index contributed by atoms with van der Waals surface area (Å²) in [5.74, 6) is -0.0405. The first kappa shape index (κ1) is 11.9. The van der Waals surface area contributed by atoms with Gasteiger partial charge in [-0.2, -0.15) is 11.3 Å². The summed E-state index contributed by atoms with van der Waals surface area (Å²) in [7, 11) is 0. The first-order valence-corrected chi connectivity index (χ1v) is 6.43. The highest BCUT2D eigenvalue weighted by molar-refractivity contribution is 7.08. The quantitative estimate of drug-likeness (QED) is 0.853. The Bertz CT molecular complexity index is 520. The molecule has 0 atom stereocenters. The van der Waals surface area contributed by atoms with E-state index in [4.69, 9.17) is 0 Å². The van der Waals surface area contributed by atoms with Crippen molar-refractivity contribution in [2.75, 3.05) is 5.32 Å². The van der Waals surface area contributed by atoms with Gasteiger partial charge < -0.3 is 5.32 Å². The average molecular weight is 245 g/mol. The molecule has 2 rings (SSSR count). The fraction of sp³-hybridized carbons (Fsp3) is 0.214. The van der Waals surface area contributed by atoms with E-state index in [2.05, 4.69) is 24.4 Å². The highest BCUT2D eigenvalue weighted by atomic mass is 32.1. The van der Waals surface area contributed by atoms with Gasteiger partial charge in [-0.15, -0.1) is 0 Å². The van der Waals surface area contributed by atoms with Crippen LogP contribution in [0.15, 0.2) is 29.0 Å². The van der Waals surface area contributed by atoms with Crippen molar-refractivity contribution in [2.45, 2.75) is 20.8 Å². The number of aryl methyl sites for hydroxylation is 3. The van der Waals surface area contributed by atoms with Crippen LogP contribution < -0.4 is 5.32 Å². The van der Waals surface area contributed by atoms with E-state index in [1.165, 1.54) is 16.9 Å². The molecule has 2 aromatic rings. The number of rotatable bonds is 2. The standard InChI is InChI=1S/C14H15NOS/c1-9-6-10(2)13(11(3)7-9)15-14(16)12-4-5-17-8-12/h4-8H,1-3H3,(H,15,16). The fourth-order valence-corrected chi connectivity index (χ4v) is 2.59. The summed E-state index contributed by atoms with van der Waals surface area (Å²) >= 11 is 1.53. The number of carbonyl (C=O) groups excluding carboxylic acids is 1. The van der Waals surface area contributed by atoms with E-state index in [1.54, 1.807) is 0 Å². The minimum Gasteiger partial charge on any atom is -0.321 e. The molecule has 0 radical (unpaired) electrons. The van der Waals surface area contributed by atoms with Gasteiger partial charge in [0.25, 0.3) is 5.91 Å². The van der Waals surface area contributed by atoms with Crippen LogP contribution in [-0.2, 0) is 0 Å². The number of nitrogens with one attached hydrogen (secondary N) is 1. The van der Waals surface area contributed by atoms with Crippen LogP contribution in [0.2, 0.25) is 0 Å². The molecule has 0 fully saturated rings. The zero-order chi connectivity index (χ0) is 12.4. The minimum absolute atomic E-state index is 0.0405. The van der Waals surface area contributed by atoms with Crippen LogP contribution in [0.1, 0.15) is 27.0 Å². The summed E-state index contributed by atoms with van der Waals surface area (Å²) in [6.07, 6.45) is 0. The van der Waals surface area contributed by atoms with E-state index in [-0.39, 0.29) is 5.91 Å². The second-order valence-electron chi connectivity index (χ2n) is 4.24. The Labute approximate surface area is 105 Å². The van der Waals surface area contributed by atoms with Crippen LogP contribution in [-0.4, -0.2) is 5.91 Å². The van der Waals surface area contributed by atoms with E-state index in [1.807, 2.05) is 30.7 Å². The average Bonchev–Trinajstić information content (AvgIpc) is 2.76. The molecule has 1 heterocycles. The van der Waals surface area contributed by atoms with Crippen molar-refractivity contribution in [3.63, 3.8) is 0 Å². The first-order chi connectivity index (χ1) is 8.08. The van der Waals surface area contributed by atoms with Crippen molar-refractivity contribution < 1.29 is 4.79 Å². The molecule has 17 heavy (non-hydrogen) atoms. The van der Waals surface area contributed by atoms with Gasteiger partial charge in [-0.25, -0.2) is 0 Å². The summed E-state index contributed by atoms with van der Waals surface area (Å²) in [6, 6.07) is 5.99. The second-order valence-corrected chi connectivity index (χ2v) is 5.02. The zero-order valence-corrected chi connectivity index (χ0v) is 11.0. The summed E-state index contributed by atoms with van der Waals surface area (Å²) in [6.45, 7) is 6.09. The van der Waals surface area contributed by atoms with E-state index < -0.39 is 0 Å². The lowest BCUT2D eigenvalue weighted by molar-refractivity contribution is 0.102. The molecule has 2 nitrogen and oxygen atoms in total. The predicted molar refractivity (Wildman–Crippen MR) is 72.9 cm³/mol. The first-order valence-electron chi connectivity index (χ1n) is 5.49. The Hall–Kier alpha value is -1.61. The molecule has 1 aromatic carbocycles. The molecule has 1 aromatic heterocycles. The Morgan fingerprint density at radius 1 is 1.18 bits per heavy atom. The fourth-order valence-electron chi connectivity index (χ4n) is 1.96. The van der Waals surface area contributed by atoms with Crippen LogP contribution in [0.25, 0.3) is 0 Å². The van der Waals surface area contributed by atoms with Crippen LogP contribution >= 0.6 is 11.3 Å². The number of hydrogen-bond donors (Lipinski definition) is 1. The summed E-state index contributed by atoms with van der Waals surface area (Å²) < 4.78 is 0. The van der Waals surface area contributed by atoms with E-state index in [9.17, 15) is 4.79 Å². The Morgan fingerprint density at radius 2 is 1.82 bits per heavy atom. The normalized spacial score (nSPS) is 10.3. The maximum atomic E-state index is 12.0. The molecular weight excluding hydrogens is 230 g/mol.